The predicted octanol–water partition coefficient (Wildman–Crippen LogP) is 1.07. The number of pyridine rings is 1. The zero-order valence-electron chi connectivity index (χ0n) is 10.4. The SMILES string of the molecule is CC(O)(CO)CNCc1ccc2ncccc2c1. The van der Waals surface area contributed by atoms with E-state index in [1.165, 1.54) is 0 Å². The summed E-state index contributed by atoms with van der Waals surface area (Å²) in [7, 11) is 0. The average molecular weight is 246 g/mol. The molecule has 0 aliphatic rings. The van der Waals surface area contributed by atoms with Crippen LogP contribution >= 0.6 is 0 Å². The van der Waals surface area contributed by atoms with Gasteiger partial charge in [-0.2, -0.15) is 0 Å². The molecule has 0 bridgehead atoms. The molecule has 0 aliphatic heterocycles. The Labute approximate surface area is 106 Å². The standard InChI is InChI=1S/C14H18N2O2/c1-14(18,10-17)9-15-8-11-4-5-13-12(7-11)3-2-6-16-13/h2-7,15,17-18H,8-10H2,1H3. The summed E-state index contributed by atoms with van der Waals surface area (Å²) in [6, 6.07) is 10.0. The van der Waals surface area contributed by atoms with Crippen LogP contribution in [0.4, 0.5) is 0 Å². The van der Waals surface area contributed by atoms with E-state index in [9.17, 15) is 5.11 Å². The predicted molar refractivity (Wildman–Crippen MR) is 71.2 cm³/mol. The first kappa shape index (κ1) is 13.0. The van der Waals surface area contributed by atoms with Gasteiger partial charge in [0.15, 0.2) is 0 Å². The zero-order valence-corrected chi connectivity index (χ0v) is 10.4. The van der Waals surface area contributed by atoms with E-state index in [1.807, 2.05) is 24.3 Å². The van der Waals surface area contributed by atoms with Gasteiger partial charge < -0.3 is 15.5 Å². The molecule has 1 unspecified atom stereocenters. The highest BCUT2D eigenvalue weighted by atomic mass is 16.3. The molecule has 2 rings (SSSR count). The summed E-state index contributed by atoms with van der Waals surface area (Å²) in [5.41, 5.74) is 1.03. The van der Waals surface area contributed by atoms with E-state index in [-0.39, 0.29) is 6.61 Å². The second-order valence-electron chi connectivity index (χ2n) is 4.79. The summed E-state index contributed by atoms with van der Waals surface area (Å²) < 4.78 is 0. The largest absolute Gasteiger partial charge is 0.393 e. The van der Waals surface area contributed by atoms with Crippen molar-refractivity contribution in [3.8, 4) is 0 Å². The maximum atomic E-state index is 9.65. The van der Waals surface area contributed by atoms with Crippen molar-refractivity contribution >= 4 is 10.9 Å². The molecule has 96 valence electrons. The van der Waals surface area contributed by atoms with Gasteiger partial charge in [-0.15, -0.1) is 0 Å². The highest BCUT2D eigenvalue weighted by molar-refractivity contribution is 5.78. The van der Waals surface area contributed by atoms with Crippen LogP contribution in [-0.2, 0) is 6.54 Å². The van der Waals surface area contributed by atoms with E-state index in [1.54, 1.807) is 13.1 Å². The number of nitrogens with zero attached hydrogens (tertiary/aromatic N) is 1. The van der Waals surface area contributed by atoms with Crippen molar-refractivity contribution in [2.75, 3.05) is 13.2 Å². The fourth-order valence-electron chi connectivity index (χ4n) is 1.77. The first-order valence-electron chi connectivity index (χ1n) is 5.98. The van der Waals surface area contributed by atoms with Crippen molar-refractivity contribution in [2.45, 2.75) is 19.1 Å². The molecular weight excluding hydrogens is 228 g/mol. The lowest BCUT2D eigenvalue weighted by Gasteiger charge is -2.20. The molecule has 2 aromatic rings. The van der Waals surface area contributed by atoms with Gasteiger partial charge in [-0.25, -0.2) is 0 Å². The second kappa shape index (κ2) is 5.44. The molecule has 3 N–H and O–H groups in total. The molecule has 0 radical (unpaired) electrons. The van der Waals surface area contributed by atoms with Crippen LogP contribution in [0.25, 0.3) is 10.9 Å². The Morgan fingerprint density at radius 1 is 1.33 bits per heavy atom. The van der Waals surface area contributed by atoms with Crippen LogP contribution < -0.4 is 5.32 Å². The van der Waals surface area contributed by atoms with Crippen LogP contribution in [0.2, 0.25) is 0 Å². The van der Waals surface area contributed by atoms with E-state index < -0.39 is 5.60 Å². The highest BCUT2D eigenvalue weighted by Gasteiger charge is 2.17. The molecule has 0 aliphatic carbocycles. The first-order chi connectivity index (χ1) is 8.61. The highest BCUT2D eigenvalue weighted by Crippen LogP contribution is 2.13. The maximum Gasteiger partial charge on any atom is 0.0972 e. The van der Waals surface area contributed by atoms with Gasteiger partial charge in [0.25, 0.3) is 0 Å². The number of aliphatic hydroxyl groups is 2. The van der Waals surface area contributed by atoms with Gasteiger partial charge in [0.05, 0.1) is 17.7 Å². The number of benzene rings is 1. The van der Waals surface area contributed by atoms with E-state index >= 15 is 0 Å². The molecule has 18 heavy (non-hydrogen) atoms. The molecule has 0 amide bonds. The van der Waals surface area contributed by atoms with Crippen molar-refractivity contribution < 1.29 is 10.2 Å². The molecule has 1 aromatic heterocycles. The Bertz CT molecular complexity index is 526. The summed E-state index contributed by atoms with van der Waals surface area (Å²) in [5, 5.41) is 22.8. The lowest BCUT2D eigenvalue weighted by Crippen LogP contribution is -2.40. The molecule has 0 saturated carbocycles. The minimum atomic E-state index is -1.07. The molecule has 0 saturated heterocycles. The van der Waals surface area contributed by atoms with Crippen LogP contribution in [0.1, 0.15) is 12.5 Å². The third-order valence-corrected chi connectivity index (χ3v) is 2.84. The number of nitrogens with one attached hydrogen (secondary N) is 1. The quantitative estimate of drug-likeness (QED) is 0.738. The van der Waals surface area contributed by atoms with E-state index in [0.717, 1.165) is 16.5 Å². The Morgan fingerprint density at radius 3 is 2.94 bits per heavy atom. The smallest absolute Gasteiger partial charge is 0.0972 e. The van der Waals surface area contributed by atoms with Gasteiger partial charge in [-0.3, -0.25) is 4.98 Å². The Morgan fingerprint density at radius 2 is 2.17 bits per heavy atom. The van der Waals surface area contributed by atoms with Gasteiger partial charge in [0, 0.05) is 24.7 Å². The van der Waals surface area contributed by atoms with Crippen LogP contribution in [0.3, 0.4) is 0 Å². The van der Waals surface area contributed by atoms with E-state index in [0.29, 0.717) is 13.1 Å². The summed E-state index contributed by atoms with van der Waals surface area (Å²) in [6.07, 6.45) is 1.78. The van der Waals surface area contributed by atoms with Gasteiger partial charge in [-0.05, 0) is 30.7 Å². The Hall–Kier alpha value is -1.49. The number of hydrogen-bond donors (Lipinski definition) is 3. The molecule has 1 atom stereocenters. The van der Waals surface area contributed by atoms with Gasteiger partial charge >= 0.3 is 0 Å². The molecule has 1 heterocycles. The summed E-state index contributed by atoms with van der Waals surface area (Å²) in [4.78, 5) is 4.26. The van der Waals surface area contributed by atoms with Crippen molar-refractivity contribution in [1.29, 1.82) is 0 Å². The fourth-order valence-corrected chi connectivity index (χ4v) is 1.77. The van der Waals surface area contributed by atoms with Crippen LogP contribution in [0, 0.1) is 0 Å². The molecular formula is C14H18N2O2. The third-order valence-electron chi connectivity index (χ3n) is 2.84. The summed E-state index contributed by atoms with van der Waals surface area (Å²) in [5.74, 6) is 0. The van der Waals surface area contributed by atoms with Crippen LogP contribution in [-0.4, -0.2) is 33.9 Å². The second-order valence-corrected chi connectivity index (χ2v) is 4.79. The Balaban J connectivity index is 2.00. The van der Waals surface area contributed by atoms with E-state index in [4.69, 9.17) is 5.11 Å². The average Bonchev–Trinajstić information content (AvgIpc) is 2.38. The van der Waals surface area contributed by atoms with Gasteiger partial charge in [0.1, 0.15) is 0 Å². The lowest BCUT2D eigenvalue weighted by molar-refractivity contribution is 0.00254. The minimum Gasteiger partial charge on any atom is -0.393 e. The first-order valence-corrected chi connectivity index (χ1v) is 5.98. The normalized spacial score (nSPS) is 14.6. The molecule has 1 aromatic carbocycles. The van der Waals surface area contributed by atoms with Gasteiger partial charge in [0.2, 0.25) is 0 Å². The van der Waals surface area contributed by atoms with Crippen molar-refractivity contribution in [2.24, 2.45) is 0 Å². The van der Waals surface area contributed by atoms with Crippen LogP contribution in [0.5, 0.6) is 0 Å². The lowest BCUT2D eigenvalue weighted by atomic mass is 10.1. The maximum absolute atomic E-state index is 9.65. The molecule has 4 nitrogen and oxygen atoms in total. The number of aromatic nitrogens is 1. The minimum absolute atomic E-state index is 0.248. The molecule has 4 heteroatoms. The summed E-state index contributed by atoms with van der Waals surface area (Å²) >= 11 is 0. The number of hydrogen-bond acceptors (Lipinski definition) is 4. The zero-order chi connectivity index (χ0) is 13.0. The van der Waals surface area contributed by atoms with Crippen molar-refractivity contribution in [3.05, 3.63) is 42.1 Å². The number of fused-ring (bicyclic) bond motifs is 1. The van der Waals surface area contributed by atoms with Crippen molar-refractivity contribution in [3.63, 3.8) is 0 Å². The molecule has 0 fully saturated rings. The van der Waals surface area contributed by atoms with Gasteiger partial charge in [-0.1, -0.05) is 12.1 Å². The molecule has 0 spiro atoms. The monoisotopic (exact) mass is 246 g/mol. The topological polar surface area (TPSA) is 65.4 Å². The third kappa shape index (κ3) is 3.26. The number of aliphatic hydroxyl groups excluding tert-OH is 1. The summed E-state index contributed by atoms with van der Waals surface area (Å²) in [6.45, 7) is 2.36. The van der Waals surface area contributed by atoms with E-state index in [2.05, 4.69) is 16.4 Å². The van der Waals surface area contributed by atoms with Crippen molar-refractivity contribution in [1.82, 2.24) is 10.3 Å². The fraction of sp³-hybridized carbons (Fsp3) is 0.357. The van der Waals surface area contributed by atoms with Crippen LogP contribution in [0.15, 0.2) is 36.5 Å². The Kier molecular flexibility index (Phi) is 3.91. The number of rotatable bonds is 5.